The Morgan fingerprint density at radius 1 is 1.35 bits per heavy atom. The van der Waals surface area contributed by atoms with Crippen molar-refractivity contribution in [2.45, 2.75) is 11.1 Å². The summed E-state index contributed by atoms with van der Waals surface area (Å²) < 4.78 is 26.0. The molecule has 0 saturated carbocycles. The standard InChI is InChI=1S/C8H14BrN5O2S/c1-12(2)6-4-14(5-6)17(15,16)8-7(9)10-13(3)11-8/h6H,4-5H2,1-3H3. The molecule has 0 bridgehead atoms. The molecule has 0 aliphatic carbocycles. The van der Waals surface area contributed by atoms with Gasteiger partial charge in [-0.3, -0.25) is 0 Å². The van der Waals surface area contributed by atoms with Gasteiger partial charge < -0.3 is 4.90 Å². The lowest BCUT2D eigenvalue weighted by molar-refractivity contribution is 0.133. The van der Waals surface area contributed by atoms with Crippen LogP contribution in [0.2, 0.25) is 0 Å². The van der Waals surface area contributed by atoms with Crippen molar-refractivity contribution in [2.75, 3.05) is 27.2 Å². The molecule has 0 amide bonds. The molecular weight excluding hydrogens is 310 g/mol. The lowest BCUT2D eigenvalue weighted by Gasteiger charge is -2.41. The first-order chi connectivity index (χ1) is 7.82. The third-order valence-electron chi connectivity index (χ3n) is 2.79. The van der Waals surface area contributed by atoms with Gasteiger partial charge in [-0.05, 0) is 30.0 Å². The van der Waals surface area contributed by atoms with Crippen molar-refractivity contribution >= 4 is 26.0 Å². The Morgan fingerprint density at radius 2 is 1.94 bits per heavy atom. The maximum absolute atomic E-state index is 12.2. The van der Waals surface area contributed by atoms with Crippen LogP contribution in [0.5, 0.6) is 0 Å². The Balaban J connectivity index is 2.19. The largest absolute Gasteiger partial charge is 0.304 e. The van der Waals surface area contributed by atoms with Gasteiger partial charge in [-0.2, -0.15) is 9.10 Å². The molecule has 17 heavy (non-hydrogen) atoms. The Labute approximate surface area is 109 Å². The van der Waals surface area contributed by atoms with Crippen molar-refractivity contribution in [1.29, 1.82) is 0 Å². The van der Waals surface area contributed by atoms with E-state index in [1.165, 1.54) is 9.10 Å². The Hall–Kier alpha value is -0.510. The molecule has 1 aromatic heterocycles. The summed E-state index contributed by atoms with van der Waals surface area (Å²) in [6.45, 7) is 0.997. The van der Waals surface area contributed by atoms with E-state index in [2.05, 4.69) is 26.1 Å². The Morgan fingerprint density at radius 3 is 2.35 bits per heavy atom. The minimum atomic E-state index is -3.51. The fourth-order valence-electron chi connectivity index (χ4n) is 1.58. The monoisotopic (exact) mass is 323 g/mol. The number of likely N-dealkylation sites (N-methyl/N-ethyl adjacent to an activating group) is 1. The van der Waals surface area contributed by atoms with Gasteiger partial charge in [-0.15, -0.1) is 10.2 Å². The number of aromatic nitrogens is 3. The normalized spacial score (nSPS) is 18.6. The van der Waals surface area contributed by atoms with Crippen molar-refractivity contribution in [3.8, 4) is 0 Å². The van der Waals surface area contributed by atoms with Crippen LogP contribution in [0.15, 0.2) is 9.63 Å². The fraction of sp³-hybridized carbons (Fsp3) is 0.750. The van der Waals surface area contributed by atoms with Gasteiger partial charge in [0.15, 0.2) is 4.60 Å². The number of aryl methyl sites for hydroxylation is 1. The van der Waals surface area contributed by atoms with Crippen LogP contribution in [0.3, 0.4) is 0 Å². The van der Waals surface area contributed by atoms with Gasteiger partial charge in [0.1, 0.15) is 0 Å². The topological polar surface area (TPSA) is 71.3 Å². The zero-order valence-electron chi connectivity index (χ0n) is 9.83. The van der Waals surface area contributed by atoms with E-state index in [9.17, 15) is 8.42 Å². The molecule has 1 aromatic rings. The first-order valence-corrected chi connectivity index (χ1v) is 7.29. The summed E-state index contributed by atoms with van der Waals surface area (Å²) in [7, 11) is 1.95. The van der Waals surface area contributed by atoms with Gasteiger partial charge in [-0.25, -0.2) is 8.42 Å². The SMILES string of the molecule is CN(C)C1CN(S(=O)(=O)c2nn(C)nc2Br)C1. The van der Waals surface area contributed by atoms with E-state index in [4.69, 9.17) is 0 Å². The van der Waals surface area contributed by atoms with E-state index in [-0.39, 0.29) is 15.7 Å². The van der Waals surface area contributed by atoms with Crippen LogP contribution >= 0.6 is 15.9 Å². The van der Waals surface area contributed by atoms with E-state index < -0.39 is 10.0 Å². The van der Waals surface area contributed by atoms with Crippen molar-refractivity contribution in [1.82, 2.24) is 24.2 Å². The lowest BCUT2D eigenvalue weighted by atomic mass is 10.2. The molecule has 0 spiro atoms. The second-order valence-electron chi connectivity index (χ2n) is 4.22. The fourth-order valence-corrected chi connectivity index (χ4v) is 3.96. The van der Waals surface area contributed by atoms with E-state index in [1.807, 2.05) is 19.0 Å². The highest BCUT2D eigenvalue weighted by Crippen LogP contribution is 2.25. The van der Waals surface area contributed by atoms with Crippen LogP contribution in [0.25, 0.3) is 0 Å². The molecule has 0 unspecified atom stereocenters. The molecule has 0 atom stereocenters. The summed E-state index contributed by atoms with van der Waals surface area (Å²) in [5, 5.41) is 7.73. The average Bonchev–Trinajstić information content (AvgIpc) is 2.41. The quantitative estimate of drug-likeness (QED) is 0.750. The van der Waals surface area contributed by atoms with Crippen LogP contribution in [-0.2, 0) is 17.1 Å². The number of sulfonamides is 1. The number of rotatable bonds is 3. The van der Waals surface area contributed by atoms with Gasteiger partial charge >= 0.3 is 0 Å². The predicted octanol–water partition coefficient (Wildman–Crippen LogP) is -0.488. The van der Waals surface area contributed by atoms with Crippen molar-refractivity contribution in [3.63, 3.8) is 0 Å². The molecule has 1 saturated heterocycles. The third kappa shape index (κ3) is 2.24. The molecule has 1 fully saturated rings. The molecule has 0 aromatic carbocycles. The highest BCUT2D eigenvalue weighted by molar-refractivity contribution is 9.10. The molecule has 96 valence electrons. The molecule has 1 aliphatic rings. The molecule has 7 nitrogen and oxygen atoms in total. The molecule has 2 heterocycles. The van der Waals surface area contributed by atoms with Gasteiger partial charge in [0.2, 0.25) is 5.03 Å². The van der Waals surface area contributed by atoms with Crippen LogP contribution in [-0.4, -0.2) is 65.8 Å². The number of hydrogen-bond donors (Lipinski definition) is 0. The maximum Gasteiger partial charge on any atom is 0.265 e. The summed E-state index contributed by atoms with van der Waals surface area (Å²) >= 11 is 3.11. The highest BCUT2D eigenvalue weighted by atomic mass is 79.9. The minimum absolute atomic E-state index is 0.0165. The highest BCUT2D eigenvalue weighted by Gasteiger charge is 2.40. The molecule has 0 N–H and O–H groups in total. The molecule has 9 heteroatoms. The van der Waals surface area contributed by atoms with Gasteiger partial charge in [0.25, 0.3) is 10.0 Å². The van der Waals surface area contributed by atoms with Gasteiger partial charge in [-0.1, -0.05) is 0 Å². The maximum atomic E-state index is 12.2. The average molecular weight is 324 g/mol. The Bertz CT molecular complexity index is 520. The molecule has 2 rings (SSSR count). The summed E-state index contributed by atoms with van der Waals surface area (Å²) in [5.41, 5.74) is 0. The number of halogens is 1. The first-order valence-electron chi connectivity index (χ1n) is 5.06. The van der Waals surface area contributed by atoms with E-state index >= 15 is 0 Å². The van der Waals surface area contributed by atoms with Crippen molar-refractivity contribution < 1.29 is 8.42 Å². The Kier molecular flexibility index (Phi) is 3.27. The zero-order chi connectivity index (χ0) is 12.8. The van der Waals surface area contributed by atoms with Crippen molar-refractivity contribution in [2.24, 2.45) is 7.05 Å². The molecular formula is C8H14BrN5O2S. The number of nitrogens with zero attached hydrogens (tertiary/aromatic N) is 5. The van der Waals surface area contributed by atoms with E-state index in [0.717, 1.165) is 0 Å². The third-order valence-corrected chi connectivity index (χ3v) is 5.33. The van der Waals surface area contributed by atoms with Crippen LogP contribution in [0, 0.1) is 0 Å². The summed E-state index contributed by atoms with van der Waals surface area (Å²) in [6, 6.07) is 0.278. The molecule has 1 aliphatic heterocycles. The van der Waals surface area contributed by atoms with E-state index in [1.54, 1.807) is 7.05 Å². The number of hydrogen-bond acceptors (Lipinski definition) is 5. The predicted molar refractivity (Wildman–Crippen MR) is 64.9 cm³/mol. The van der Waals surface area contributed by atoms with Crippen LogP contribution in [0.4, 0.5) is 0 Å². The van der Waals surface area contributed by atoms with Crippen molar-refractivity contribution in [3.05, 3.63) is 4.60 Å². The summed E-state index contributed by atoms with van der Waals surface area (Å²) in [5.74, 6) is 0. The molecule has 0 radical (unpaired) electrons. The summed E-state index contributed by atoms with van der Waals surface area (Å²) in [4.78, 5) is 3.25. The van der Waals surface area contributed by atoms with Crippen LogP contribution < -0.4 is 0 Å². The van der Waals surface area contributed by atoms with Crippen LogP contribution in [0.1, 0.15) is 0 Å². The summed E-state index contributed by atoms with van der Waals surface area (Å²) in [6.07, 6.45) is 0. The lowest BCUT2D eigenvalue weighted by Crippen LogP contribution is -2.59. The van der Waals surface area contributed by atoms with Gasteiger partial charge in [0, 0.05) is 26.2 Å². The van der Waals surface area contributed by atoms with E-state index in [0.29, 0.717) is 13.1 Å². The first kappa shape index (κ1) is 12.9. The second kappa shape index (κ2) is 4.30. The second-order valence-corrected chi connectivity index (χ2v) is 6.83. The smallest absolute Gasteiger partial charge is 0.265 e. The van der Waals surface area contributed by atoms with Gasteiger partial charge in [0.05, 0.1) is 0 Å². The minimum Gasteiger partial charge on any atom is -0.304 e. The zero-order valence-corrected chi connectivity index (χ0v) is 12.2.